The maximum absolute atomic E-state index is 11.1. The van der Waals surface area contributed by atoms with Crippen molar-refractivity contribution in [2.75, 3.05) is 0 Å². The molecule has 6 heterocycles. The Morgan fingerprint density at radius 2 is 0.426 bits per heavy atom. The average Bonchev–Trinajstić information content (AvgIpc) is 3.97. The first kappa shape index (κ1) is 64.1. The largest absolute Gasteiger partial charge is 0.519 e. The fourth-order valence-corrected chi connectivity index (χ4v) is 31.1. The van der Waals surface area contributed by atoms with Crippen molar-refractivity contribution in [1.29, 1.82) is 0 Å². The van der Waals surface area contributed by atoms with Crippen LogP contribution >= 0.6 is 0 Å². The second-order valence-electron chi connectivity index (χ2n) is 20.5. The molecule has 0 aromatic carbocycles. The fourth-order valence-electron chi connectivity index (χ4n) is 10.6. The molecule has 0 aliphatic carbocycles. The summed E-state index contributed by atoms with van der Waals surface area (Å²) in [7, 11) is -9.08. The summed E-state index contributed by atoms with van der Waals surface area (Å²) in [6.45, 7) is 22.8. The minimum Gasteiger partial charge on any atom is -0.519 e. The highest BCUT2D eigenvalue weighted by Crippen LogP contribution is 2.39. The van der Waals surface area contributed by atoms with Gasteiger partial charge < -0.3 is 26.6 Å². The molecule has 0 aromatic rings. The second-order valence-corrected chi connectivity index (χ2v) is 46.2. The second kappa shape index (κ2) is 33.0. The van der Waals surface area contributed by atoms with Crippen molar-refractivity contribution < 1.29 is 55.3 Å². The molecule has 0 N–H and O–H groups in total. The first-order valence-corrected chi connectivity index (χ1v) is 42.6. The van der Waals surface area contributed by atoms with Crippen LogP contribution in [0, 0.1) is 0 Å². The van der Waals surface area contributed by atoms with Gasteiger partial charge in [0.25, 0.3) is 85.7 Å². The lowest BCUT2D eigenvalue weighted by Gasteiger charge is -2.37. The Hall–Kier alpha value is -1.88. The van der Waals surface area contributed by atoms with Crippen molar-refractivity contribution in [1.82, 2.24) is 0 Å². The fraction of sp³-hybridized carbons (Fsp3) is 0.880. The lowest BCUT2D eigenvalue weighted by molar-refractivity contribution is -0.136. The molecule has 0 bridgehead atoms. The maximum Gasteiger partial charge on any atom is 0.292 e. The zero-order chi connectivity index (χ0) is 51.3. The molecule has 0 atom stereocenters. The van der Waals surface area contributed by atoms with Crippen LogP contribution in [0.15, 0.2) is 0 Å². The van der Waals surface area contributed by atoms with Crippen LogP contribution in [0.2, 0.25) is 109 Å². The van der Waals surface area contributed by atoms with Crippen LogP contribution in [0.5, 0.6) is 0 Å². The molecule has 12 nitrogen and oxygen atoms in total. The van der Waals surface area contributed by atoms with Gasteiger partial charge in [-0.05, 0) is 109 Å². The van der Waals surface area contributed by atoms with Crippen LogP contribution in [0.3, 0.4) is 0 Å². The van der Waals surface area contributed by atoms with Gasteiger partial charge in [0.2, 0.25) is 0 Å². The molecule has 18 heteroatoms. The summed E-state index contributed by atoms with van der Waals surface area (Å²) >= 11 is 0. The van der Waals surface area contributed by atoms with Crippen molar-refractivity contribution >= 4 is 85.7 Å². The Labute approximate surface area is 420 Å². The van der Waals surface area contributed by atoms with Crippen LogP contribution in [0.25, 0.3) is 0 Å². The van der Waals surface area contributed by atoms with Gasteiger partial charge in [-0.15, -0.1) is 0 Å². The van der Waals surface area contributed by atoms with E-state index in [1.165, 1.54) is 163 Å². The van der Waals surface area contributed by atoms with Crippen LogP contribution in [0.1, 0.15) is 173 Å². The van der Waals surface area contributed by atoms with Crippen LogP contribution in [-0.4, -0.2) is 85.7 Å². The highest BCUT2D eigenvalue weighted by molar-refractivity contribution is 6.78. The molecule has 0 aromatic heterocycles. The standard InChI is InChI=1S/3C9H18O2Si.2C8H16O2Si.C7H14O2Si/c2*1-3-12(11-9(2)10)7-5-4-6-8-12;1-3-9(10)11-12(4-2)7-5-6-8-12;1-3-11(10-8(2)9)6-4-5-7-11;1-3-8(9)10-11(4-2)6-5-7-11;1-3-10(5-4-6-10)9-7(2)8/h3*3-8H2,1-2H3;2*3-7H2,1-2H3;3-6H2,1-2H3. The Morgan fingerprint density at radius 3 is 0.559 bits per heavy atom. The normalized spacial score (nSPS) is 21.4. The summed E-state index contributed by atoms with van der Waals surface area (Å²) in [5.41, 5.74) is 0. The molecule has 6 aliphatic heterocycles. The maximum atomic E-state index is 11.1. The molecule has 0 amide bonds. The van der Waals surface area contributed by atoms with Gasteiger partial charge in [0.1, 0.15) is 0 Å². The molecular formula is C50H100O12Si6. The predicted octanol–water partition coefficient (Wildman–Crippen LogP) is 14.6. The third-order valence-electron chi connectivity index (χ3n) is 15.6. The lowest BCUT2D eigenvalue weighted by atomic mass is 10.3. The van der Waals surface area contributed by atoms with Gasteiger partial charge in [-0.3, -0.25) is 28.8 Å². The zero-order valence-corrected chi connectivity index (χ0v) is 51.5. The molecule has 0 spiro atoms. The Kier molecular flexibility index (Phi) is 31.1. The van der Waals surface area contributed by atoms with Crippen LogP contribution < -0.4 is 0 Å². The van der Waals surface area contributed by atoms with Crippen LogP contribution in [-0.2, 0) is 55.3 Å². The van der Waals surface area contributed by atoms with Gasteiger partial charge in [0, 0.05) is 40.5 Å². The lowest BCUT2D eigenvalue weighted by Crippen LogP contribution is -2.45. The van der Waals surface area contributed by atoms with Gasteiger partial charge in [-0.1, -0.05) is 132 Å². The van der Waals surface area contributed by atoms with Gasteiger partial charge in [0.15, 0.2) is 0 Å². The number of carbonyl (C=O) groups excluding carboxylic acids is 6. The molecule has 6 aliphatic rings. The predicted molar refractivity (Wildman–Crippen MR) is 290 cm³/mol. The van der Waals surface area contributed by atoms with Crippen molar-refractivity contribution in [3.05, 3.63) is 0 Å². The molecular weight excluding hydrogens is 961 g/mol. The van der Waals surface area contributed by atoms with Crippen LogP contribution in [0.4, 0.5) is 0 Å². The SMILES string of the molecule is CCC(=O)O[Si]1(CC)CCC1.CCC(=O)O[Si]1(CC)CCCC1.CC[Si]1(OC(C)=O)CCC1.CC[Si]1(OC(C)=O)CCCC1.CC[Si]1(OC(C)=O)CCCCC1.CC[Si]1(OC(C)=O)CCCCC1. The summed E-state index contributed by atoms with van der Waals surface area (Å²) < 4.78 is 32.9. The van der Waals surface area contributed by atoms with E-state index in [2.05, 4.69) is 41.5 Å². The van der Waals surface area contributed by atoms with Crippen molar-refractivity contribution in [2.24, 2.45) is 0 Å². The first-order chi connectivity index (χ1) is 32.2. The average molecular weight is 1060 g/mol. The summed E-state index contributed by atoms with van der Waals surface area (Å²) in [6.07, 6.45) is 16.5. The van der Waals surface area contributed by atoms with E-state index in [0.29, 0.717) is 12.8 Å². The Morgan fingerprint density at radius 1 is 0.265 bits per heavy atom. The molecule has 6 fully saturated rings. The number of hydrogen-bond donors (Lipinski definition) is 0. The van der Waals surface area contributed by atoms with Crippen molar-refractivity contribution in [3.8, 4) is 0 Å². The molecule has 0 saturated carbocycles. The van der Waals surface area contributed by atoms with E-state index in [-0.39, 0.29) is 35.8 Å². The molecule has 0 radical (unpaired) electrons. The molecule has 396 valence electrons. The molecule has 68 heavy (non-hydrogen) atoms. The Balaban J connectivity index is 0.000000408. The van der Waals surface area contributed by atoms with Gasteiger partial charge in [-0.2, -0.15) is 0 Å². The summed E-state index contributed by atoms with van der Waals surface area (Å²) in [6, 6.07) is 21.0. The highest BCUT2D eigenvalue weighted by Gasteiger charge is 2.44. The van der Waals surface area contributed by atoms with E-state index in [9.17, 15) is 28.8 Å². The van der Waals surface area contributed by atoms with Crippen molar-refractivity contribution in [3.63, 3.8) is 0 Å². The first-order valence-electron chi connectivity index (χ1n) is 27.4. The van der Waals surface area contributed by atoms with E-state index in [1.807, 2.05) is 13.8 Å². The topological polar surface area (TPSA) is 158 Å². The third kappa shape index (κ3) is 23.6. The summed E-state index contributed by atoms with van der Waals surface area (Å²) in [5, 5.41) is 0. The van der Waals surface area contributed by atoms with E-state index < -0.39 is 49.9 Å². The monoisotopic (exact) mass is 1060 g/mol. The van der Waals surface area contributed by atoms with Gasteiger partial charge in [0.05, 0.1) is 0 Å². The zero-order valence-electron chi connectivity index (χ0n) is 45.5. The number of carbonyl (C=O) groups is 6. The number of hydrogen-bond acceptors (Lipinski definition) is 12. The quantitative estimate of drug-likeness (QED) is 0.152. The Bertz CT molecular complexity index is 1450. The smallest absolute Gasteiger partial charge is 0.292 e. The van der Waals surface area contributed by atoms with E-state index in [1.54, 1.807) is 13.8 Å². The van der Waals surface area contributed by atoms with Crippen molar-refractivity contribution in [2.45, 2.75) is 282 Å². The van der Waals surface area contributed by atoms with E-state index in [0.717, 1.165) is 36.3 Å². The third-order valence-corrected chi connectivity index (χ3v) is 42.7. The van der Waals surface area contributed by atoms with Gasteiger partial charge >= 0.3 is 0 Å². The summed E-state index contributed by atoms with van der Waals surface area (Å²) in [4.78, 5) is 65.3. The minimum absolute atomic E-state index is 0.0122. The van der Waals surface area contributed by atoms with E-state index in [4.69, 9.17) is 26.6 Å². The van der Waals surface area contributed by atoms with Gasteiger partial charge in [-0.25, -0.2) is 0 Å². The highest BCUT2D eigenvalue weighted by atomic mass is 28.4. The molecule has 6 rings (SSSR count). The number of rotatable bonds is 14. The summed E-state index contributed by atoms with van der Waals surface area (Å²) in [5.74, 6) is -0.242. The van der Waals surface area contributed by atoms with E-state index >= 15 is 0 Å². The molecule has 0 unspecified atom stereocenters. The molecule has 6 saturated heterocycles. The minimum atomic E-state index is -1.57.